The van der Waals surface area contributed by atoms with Gasteiger partial charge in [0.1, 0.15) is 0 Å². The van der Waals surface area contributed by atoms with Crippen molar-refractivity contribution in [2.75, 3.05) is 26.2 Å². The maximum Gasteiger partial charge on any atom is 0.00384 e. The highest BCUT2D eigenvalue weighted by Gasteiger charge is 2.34. The van der Waals surface area contributed by atoms with Crippen LogP contribution in [0.1, 0.15) is 52.9 Å². The molecule has 0 radical (unpaired) electrons. The van der Waals surface area contributed by atoms with Crippen LogP contribution in [0.15, 0.2) is 0 Å². The van der Waals surface area contributed by atoms with E-state index in [1.807, 2.05) is 0 Å². The third kappa shape index (κ3) is 3.74. The molecule has 0 saturated carbocycles. The Bertz CT molecular complexity index is 187. The molecule has 1 fully saturated rings. The van der Waals surface area contributed by atoms with Gasteiger partial charge in [-0.25, -0.2) is 0 Å². The third-order valence-corrected chi connectivity index (χ3v) is 4.49. The summed E-state index contributed by atoms with van der Waals surface area (Å²) >= 11 is 0. The maximum absolute atomic E-state index is 5.56. The molecule has 0 bridgehead atoms. The number of likely N-dealkylation sites (tertiary alicyclic amines) is 1. The molecule has 2 heteroatoms. The van der Waals surface area contributed by atoms with Crippen LogP contribution in [0.3, 0.4) is 0 Å². The van der Waals surface area contributed by atoms with Crippen LogP contribution in [0.2, 0.25) is 0 Å². The van der Waals surface area contributed by atoms with E-state index in [9.17, 15) is 0 Å². The molecule has 0 aromatic rings. The zero-order chi connectivity index (χ0) is 12.0. The van der Waals surface area contributed by atoms with E-state index in [-0.39, 0.29) is 0 Å². The molecule has 1 heterocycles. The number of nitrogens with two attached hydrogens (primary N) is 1. The van der Waals surface area contributed by atoms with Gasteiger partial charge in [0.15, 0.2) is 0 Å². The summed E-state index contributed by atoms with van der Waals surface area (Å²) in [5.74, 6) is 0.813. The summed E-state index contributed by atoms with van der Waals surface area (Å²) in [6, 6.07) is 0. The van der Waals surface area contributed by atoms with E-state index in [0.29, 0.717) is 5.41 Å². The smallest absolute Gasteiger partial charge is 0.00384 e. The highest BCUT2D eigenvalue weighted by molar-refractivity contribution is 4.88. The summed E-state index contributed by atoms with van der Waals surface area (Å²) in [5.41, 5.74) is 6.19. The SMILES string of the molecule is CCC1(CC)CCN(CC(C)CCCN)C1. The molecular formula is C14H30N2. The first-order valence-corrected chi connectivity index (χ1v) is 7.08. The van der Waals surface area contributed by atoms with Crippen LogP contribution in [-0.4, -0.2) is 31.1 Å². The van der Waals surface area contributed by atoms with Gasteiger partial charge in [0, 0.05) is 13.1 Å². The molecule has 16 heavy (non-hydrogen) atoms. The van der Waals surface area contributed by atoms with Crippen LogP contribution in [0.5, 0.6) is 0 Å². The minimum atomic E-state index is 0.633. The van der Waals surface area contributed by atoms with E-state index in [4.69, 9.17) is 5.73 Å². The number of rotatable bonds is 7. The predicted molar refractivity (Wildman–Crippen MR) is 71.5 cm³/mol. The Kier molecular flexibility index (Phi) is 5.77. The Balaban J connectivity index is 2.30. The van der Waals surface area contributed by atoms with Gasteiger partial charge < -0.3 is 10.6 Å². The zero-order valence-corrected chi connectivity index (χ0v) is 11.5. The second-order valence-electron chi connectivity index (χ2n) is 5.73. The molecule has 0 aromatic heterocycles. The van der Waals surface area contributed by atoms with Crippen molar-refractivity contribution in [2.45, 2.75) is 52.9 Å². The van der Waals surface area contributed by atoms with Crippen molar-refractivity contribution < 1.29 is 0 Å². The van der Waals surface area contributed by atoms with Crippen LogP contribution in [0, 0.1) is 11.3 Å². The van der Waals surface area contributed by atoms with Gasteiger partial charge in [0.2, 0.25) is 0 Å². The normalized spacial score (nSPS) is 22.5. The first-order valence-electron chi connectivity index (χ1n) is 7.08. The Labute approximate surface area is 102 Å². The van der Waals surface area contributed by atoms with Crippen molar-refractivity contribution in [1.82, 2.24) is 4.90 Å². The highest BCUT2D eigenvalue weighted by atomic mass is 15.2. The van der Waals surface area contributed by atoms with Gasteiger partial charge in [0.05, 0.1) is 0 Å². The van der Waals surface area contributed by atoms with Crippen molar-refractivity contribution in [2.24, 2.45) is 17.1 Å². The maximum atomic E-state index is 5.56. The lowest BCUT2D eigenvalue weighted by atomic mass is 9.82. The molecule has 0 aromatic carbocycles. The second kappa shape index (κ2) is 6.61. The van der Waals surface area contributed by atoms with Crippen molar-refractivity contribution in [1.29, 1.82) is 0 Å². The van der Waals surface area contributed by atoms with Gasteiger partial charge in [0.25, 0.3) is 0 Å². The van der Waals surface area contributed by atoms with Crippen LogP contribution in [-0.2, 0) is 0 Å². The molecule has 1 aliphatic rings. The fourth-order valence-corrected chi connectivity index (χ4v) is 3.01. The minimum Gasteiger partial charge on any atom is -0.330 e. The Hall–Kier alpha value is -0.0800. The number of hydrogen-bond acceptors (Lipinski definition) is 2. The fraction of sp³-hybridized carbons (Fsp3) is 1.00. The molecule has 0 amide bonds. The van der Waals surface area contributed by atoms with Crippen LogP contribution < -0.4 is 5.73 Å². The molecule has 1 saturated heterocycles. The van der Waals surface area contributed by atoms with Gasteiger partial charge in [-0.15, -0.1) is 0 Å². The van der Waals surface area contributed by atoms with Crippen molar-refractivity contribution >= 4 is 0 Å². The highest BCUT2D eigenvalue weighted by Crippen LogP contribution is 2.37. The molecule has 1 unspecified atom stereocenters. The average molecular weight is 226 g/mol. The summed E-state index contributed by atoms with van der Waals surface area (Å²) in [4.78, 5) is 2.67. The van der Waals surface area contributed by atoms with Crippen LogP contribution >= 0.6 is 0 Å². The molecule has 2 N–H and O–H groups in total. The van der Waals surface area contributed by atoms with Gasteiger partial charge in [-0.1, -0.05) is 20.8 Å². The summed E-state index contributed by atoms with van der Waals surface area (Å²) in [7, 11) is 0. The largest absolute Gasteiger partial charge is 0.330 e. The van der Waals surface area contributed by atoms with Gasteiger partial charge in [-0.3, -0.25) is 0 Å². The van der Waals surface area contributed by atoms with Crippen LogP contribution in [0.25, 0.3) is 0 Å². The first-order chi connectivity index (χ1) is 7.65. The predicted octanol–water partition coefficient (Wildman–Crippen LogP) is 2.87. The lowest BCUT2D eigenvalue weighted by Gasteiger charge is -2.27. The van der Waals surface area contributed by atoms with Gasteiger partial charge in [-0.05, 0) is 56.5 Å². The summed E-state index contributed by atoms with van der Waals surface area (Å²) in [6.07, 6.45) is 6.57. The monoisotopic (exact) mass is 226 g/mol. The lowest BCUT2D eigenvalue weighted by Crippen LogP contribution is -2.30. The minimum absolute atomic E-state index is 0.633. The fourth-order valence-electron chi connectivity index (χ4n) is 3.01. The summed E-state index contributed by atoms with van der Waals surface area (Å²) in [5, 5.41) is 0. The van der Waals surface area contributed by atoms with Crippen LogP contribution in [0.4, 0.5) is 0 Å². The molecule has 0 aliphatic carbocycles. The Morgan fingerprint density at radius 1 is 1.31 bits per heavy atom. The van der Waals surface area contributed by atoms with E-state index < -0.39 is 0 Å². The quantitative estimate of drug-likeness (QED) is 0.723. The van der Waals surface area contributed by atoms with E-state index in [2.05, 4.69) is 25.7 Å². The first kappa shape index (κ1) is 14.0. The Morgan fingerprint density at radius 2 is 2.00 bits per heavy atom. The van der Waals surface area contributed by atoms with Crippen molar-refractivity contribution in [3.63, 3.8) is 0 Å². The Morgan fingerprint density at radius 3 is 2.50 bits per heavy atom. The topological polar surface area (TPSA) is 29.3 Å². The summed E-state index contributed by atoms with van der Waals surface area (Å²) in [6.45, 7) is 11.8. The standard InChI is InChI=1S/C14H30N2/c1-4-14(5-2)8-10-16(12-14)11-13(3)7-6-9-15/h13H,4-12,15H2,1-3H3. The van der Waals surface area contributed by atoms with Crippen molar-refractivity contribution in [3.05, 3.63) is 0 Å². The zero-order valence-electron chi connectivity index (χ0n) is 11.5. The molecule has 1 atom stereocenters. The number of hydrogen-bond donors (Lipinski definition) is 1. The molecule has 2 nitrogen and oxygen atoms in total. The average Bonchev–Trinajstić information content (AvgIpc) is 2.70. The van der Waals surface area contributed by atoms with E-state index in [0.717, 1.165) is 12.5 Å². The van der Waals surface area contributed by atoms with E-state index >= 15 is 0 Å². The number of nitrogens with zero attached hydrogens (tertiary/aromatic N) is 1. The molecule has 0 spiro atoms. The molecular weight excluding hydrogens is 196 g/mol. The second-order valence-corrected chi connectivity index (χ2v) is 5.73. The van der Waals surface area contributed by atoms with Gasteiger partial charge >= 0.3 is 0 Å². The van der Waals surface area contributed by atoms with E-state index in [1.54, 1.807) is 0 Å². The lowest BCUT2D eigenvalue weighted by molar-refractivity contribution is 0.218. The molecule has 96 valence electrons. The molecule has 1 aliphatic heterocycles. The third-order valence-electron chi connectivity index (χ3n) is 4.49. The van der Waals surface area contributed by atoms with Gasteiger partial charge in [-0.2, -0.15) is 0 Å². The summed E-state index contributed by atoms with van der Waals surface area (Å²) < 4.78 is 0. The van der Waals surface area contributed by atoms with E-state index in [1.165, 1.54) is 51.7 Å². The molecule has 1 rings (SSSR count). The van der Waals surface area contributed by atoms with Crippen molar-refractivity contribution in [3.8, 4) is 0 Å².